The van der Waals surface area contributed by atoms with Crippen molar-refractivity contribution < 1.29 is 17.6 Å². The molecule has 2 nitrogen and oxygen atoms in total. The zero-order chi connectivity index (χ0) is 14.8. The molecule has 1 aliphatic rings. The van der Waals surface area contributed by atoms with E-state index < -0.39 is 12.1 Å². The Morgan fingerprint density at radius 1 is 1.15 bits per heavy atom. The van der Waals surface area contributed by atoms with Gasteiger partial charge in [0.1, 0.15) is 5.82 Å². The smallest absolute Gasteiger partial charge is 0.329 e. The molecule has 0 aromatic heterocycles. The molecule has 2 rings (SSSR count). The lowest BCUT2D eigenvalue weighted by Gasteiger charge is -2.37. The topological polar surface area (TPSA) is 29.3 Å². The first-order valence-corrected chi connectivity index (χ1v) is 6.68. The third kappa shape index (κ3) is 3.49. The van der Waals surface area contributed by atoms with Crippen LogP contribution in [0.15, 0.2) is 24.3 Å². The van der Waals surface area contributed by atoms with Crippen molar-refractivity contribution >= 4 is 0 Å². The molecule has 1 saturated heterocycles. The maximum absolute atomic E-state index is 12.9. The van der Waals surface area contributed by atoms with Crippen LogP contribution in [0.5, 0.6) is 0 Å². The predicted molar refractivity (Wildman–Crippen MR) is 68.5 cm³/mol. The fourth-order valence-corrected chi connectivity index (χ4v) is 2.72. The summed E-state index contributed by atoms with van der Waals surface area (Å²) >= 11 is 0. The Bertz CT molecular complexity index is 422. The van der Waals surface area contributed by atoms with Gasteiger partial charge in [-0.3, -0.25) is 4.90 Å². The van der Waals surface area contributed by atoms with Crippen LogP contribution in [0.2, 0.25) is 0 Å². The number of hydrogen-bond donors (Lipinski definition) is 1. The Labute approximate surface area is 115 Å². The van der Waals surface area contributed by atoms with Gasteiger partial charge < -0.3 is 5.73 Å². The second kappa shape index (κ2) is 6.10. The largest absolute Gasteiger partial charge is 0.391 e. The van der Waals surface area contributed by atoms with Crippen LogP contribution in [-0.2, 0) is 0 Å². The Hall–Kier alpha value is -1.14. The van der Waals surface area contributed by atoms with E-state index in [9.17, 15) is 17.6 Å². The molecule has 1 heterocycles. The molecule has 0 spiro atoms. The molecular formula is C14H18F4N2. The highest BCUT2D eigenvalue weighted by Gasteiger charge is 2.41. The van der Waals surface area contributed by atoms with Crippen LogP contribution in [0.4, 0.5) is 17.6 Å². The summed E-state index contributed by atoms with van der Waals surface area (Å²) in [4.78, 5) is 1.95. The fourth-order valence-electron chi connectivity index (χ4n) is 2.72. The van der Waals surface area contributed by atoms with Crippen LogP contribution >= 0.6 is 0 Å². The molecule has 112 valence electrons. The maximum atomic E-state index is 12.9. The number of hydrogen-bond acceptors (Lipinski definition) is 2. The highest BCUT2D eigenvalue weighted by molar-refractivity contribution is 5.20. The zero-order valence-corrected chi connectivity index (χ0v) is 11.0. The second-order valence-corrected chi connectivity index (χ2v) is 5.15. The summed E-state index contributed by atoms with van der Waals surface area (Å²) in [7, 11) is 0. The average Bonchev–Trinajstić information content (AvgIpc) is 2.41. The normalized spacial score (nSPS) is 20.1. The first-order valence-electron chi connectivity index (χ1n) is 6.68. The number of halogens is 4. The Balaban J connectivity index is 2.02. The monoisotopic (exact) mass is 290 g/mol. The number of piperidine rings is 1. The van der Waals surface area contributed by atoms with E-state index in [-0.39, 0.29) is 24.7 Å². The van der Waals surface area contributed by atoms with Crippen LogP contribution in [0.3, 0.4) is 0 Å². The standard InChI is InChI=1S/C14H18F4N2/c15-12-3-1-10(2-4-12)13(9-19)20-7-5-11(6-8-20)14(16,17)18/h1-4,11,13H,5-9,19H2. The van der Waals surface area contributed by atoms with Gasteiger partial charge in [-0.15, -0.1) is 0 Å². The van der Waals surface area contributed by atoms with Gasteiger partial charge in [-0.1, -0.05) is 12.1 Å². The molecule has 1 unspecified atom stereocenters. The third-order valence-electron chi connectivity index (χ3n) is 3.91. The molecule has 1 aromatic carbocycles. The number of benzene rings is 1. The molecule has 1 aromatic rings. The van der Waals surface area contributed by atoms with Gasteiger partial charge in [0.15, 0.2) is 0 Å². The molecule has 0 radical (unpaired) electrons. The van der Waals surface area contributed by atoms with E-state index in [0.29, 0.717) is 19.6 Å². The van der Waals surface area contributed by atoms with Gasteiger partial charge in [0.2, 0.25) is 0 Å². The first kappa shape index (κ1) is 15.3. The summed E-state index contributed by atoms with van der Waals surface area (Å²) in [5.41, 5.74) is 6.58. The number of nitrogens with zero attached hydrogens (tertiary/aromatic N) is 1. The third-order valence-corrected chi connectivity index (χ3v) is 3.91. The molecule has 6 heteroatoms. The minimum atomic E-state index is -4.11. The van der Waals surface area contributed by atoms with E-state index >= 15 is 0 Å². The van der Waals surface area contributed by atoms with E-state index in [2.05, 4.69) is 0 Å². The van der Waals surface area contributed by atoms with Crippen LogP contribution in [0.25, 0.3) is 0 Å². The number of nitrogens with two attached hydrogens (primary N) is 1. The highest BCUT2D eigenvalue weighted by Crippen LogP contribution is 2.36. The average molecular weight is 290 g/mol. The van der Waals surface area contributed by atoms with Crippen LogP contribution in [0.1, 0.15) is 24.4 Å². The number of likely N-dealkylation sites (tertiary alicyclic amines) is 1. The lowest BCUT2D eigenvalue weighted by molar-refractivity contribution is -0.186. The number of rotatable bonds is 3. The Kier molecular flexibility index (Phi) is 4.65. The van der Waals surface area contributed by atoms with Crippen molar-refractivity contribution in [3.05, 3.63) is 35.6 Å². The van der Waals surface area contributed by atoms with E-state index in [1.165, 1.54) is 12.1 Å². The van der Waals surface area contributed by atoms with Crippen LogP contribution in [0, 0.1) is 11.7 Å². The highest BCUT2D eigenvalue weighted by atomic mass is 19.4. The SMILES string of the molecule is NCC(c1ccc(F)cc1)N1CCC(C(F)(F)F)CC1. The van der Waals surface area contributed by atoms with E-state index in [1.807, 2.05) is 4.90 Å². The molecule has 1 atom stereocenters. The van der Waals surface area contributed by atoms with E-state index in [4.69, 9.17) is 5.73 Å². The molecular weight excluding hydrogens is 272 g/mol. The predicted octanol–water partition coefficient (Wildman–Crippen LogP) is 3.10. The molecule has 0 bridgehead atoms. The van der Waals surface area contributed by atoms with Gasteiger partial charge in [-0.25, -0.2) is 4.39 Å². The van der Waals surface area contributed by atoms with Crippen LogP contribution in [-0.4, -0.2) is 30.7 Å². The Morgan fingerprint density at radius 3 is 2.15 bits per heavy atom. The molecule has 2 N–H and O–H groups in total. The maximum Gasteiger partial charge on any atom is 0.391 e. The van der Waals surface area contributed by atoms with E-state index in [1.54, 1.807) is 12.1 Å². The molecule has 0 aliphatic carbocycles. The summed E-state index contributed by atoms with van der Waals surface area (Å²) in [5.74, 6) is -1.55. The van der Waals surface area contributed by atoms with Gasteiger partial charge in [0.25, 0.3) is 0 Å². The van der Waals surface area contributed by atoms with Crippen molar-refractivity contribution in [1.82, 2.24) is 4.90 Å². The van der Waals surface area contributed by atoms with Crippen molar-refractivity contribution in [2.24, 2.45) is 11.7 Å². The molecule has 20 heavy (non-hydrogen) atoms. The minimum absolute atomic E-state index is 0.0984. The summed E-state index contributed by atoms with van der Waals surface area (Å²) in [6.07, 6.45) is -3.91. The van der Waals surface area contributed by atoms with Crippen LogP contribution < -0.4 is 5.73 Å². The van der Waals surface area contributed by atoms with Gasteiger partial charge in [0.05, 0.1) is 5.92 Å². The minimum Gasteiger partial charge on any atom is -0.329 e. The van der Waals surface area contributed by atoms with Crippen molar-refractivity contribution in [3.8, 4) is 0 Å². The summed E-state index contributed by atoms with van der Waals surface area (Å²) in [5, 5.41) is 0. The Morgan fingerprint density at radius 2 is 1.70 bits per heavy atom. The first-order chi connectivity index (χ1) is 9.41. The quantitative estimate of drug-likeness (QED) is 0.867. The fraction of sp³-hybridized carbons (Fsp3) is 0.571. The lowest BCUT2D eigenvalue weighted by Crippen LogP contribution is -2.42. The van der Waals surface area contributed by atoms with Crippen molar-refractivity contribution in [2.45, 2.75) is 25.1 Å². The molecule has 0 saturated carbocycles. The number of alkyl halides is 3. The lowest BCUT2D eigenvalue weighted by atomic mass is 9.93. The van der Waals surface area contributed by atoms with Gasteiger partial charge in [0, 0.05) is 12.6 Å². The second-order valence-electron chi connectivity index (χ2n) is 5.15. The van der Waals surface area contributed by atoms with Crippen molar-refractivity contribution in [2.75, 3.05) is 19.6 Å². The molecule has 1 aliphatic heterocycles. The molecule has 1 fully saturated rings. The summed E-state index contributed by atoms with van der Waals surface area (Å²) in [6.45, 7) is 1.04. The van der Waals surface area contributed by atoms with Crippen molar-refractivity contribution in [3.63, 3.8) is 0 Å². The summed E-state index contributed by atoms with van der Waals surface area (Å²) < 4.78 is 50.8. The van der Waals surface area contributed by atoms with Gasteiger partial charge in [-0.05, 0) is 43.6 Å². The van der Waals surface area contributed by atoms with Crippen molar-refractivity contribution in [1.29, 1.82) is 0 Å². The van der Waals surface area contributed by atoms with E-state index in [0.717, 1.165) is 5.56 Å². The van der Waals surface area contributed by atoms with Gasteiger partial charge in [-0.2, -0.15) is 13.2 Å². The zero-order valence-electron chi connectivity index (χ0n) is 11.0. The van der Waals surface area contributed by atoms with Gasteiger partial charge >= 0.3 is 6.18 Å². The summed E-state index contributed by atoms with van der Waals surface area (Å²) in [6, 6.07) is 5.83. The molecule has 0 amide bonds.